The van der Waals surface area contributed by atoms with Gasteiger partial charge < -0.3 is 20.1 Å². The molecule has 2 amide bonds. The highest BCUT2D eigenvalue weighted by Crippen LogP contribution is 2.26. The van der Waals surface area contributed by atoms with Gasteiger partial charge in [-0.25, -0.2) is 0 Å². The van der Waals surface area contributed by atoms with Gasteiger partial charge in [-0.05, 0) is 48.9 Å². The molecule has 0 spiro atoms. The van der Waals surface area contributed by atoms with E-state index in [1.54, 1.807) is 32.2 Å². The first kappa shape index (κ1) is 21.9. The van der Waals surface area contributed by atoms with E-state index in [2.05, 4.69) is 20.8 Å². The molecule has 1 heterocycles. The summed E-state index contributed by atoms with van der Waals surface area (Å²) >= 11 is 0. The summed E-state index contributed by atoms with van der Waals surface area (Å²) in [6.07, 6.45) is -0.484. The van der Waals surface area contributed by atoms with Crippen molar-refractivity contribution in [2.75, 3.05) is 17.7 Å². The molecule has 3 N–H and O–H groups in total. The molecule has 8 nitrogen and oxygen atoms in total. The number of hydrogen-bond donors (Lipinski definition) is 3. The fourth-order valence-corrected chi connectivity index (χ4v) is 3.30. The third-order valence-electron chi connectivity index (χ3n) is 5.04. The smallest absolute Gasteiger partial charge is 0.265 e. The van der Waals surface area contributed by atoms with Gasteiger partial charge in [-0.15, -0.1) is 0 Å². The number of aromatic amines is 1. The van der Waals surface area contributed by atoms with Crippen molar-refractivity contribution in [1.82, 2.24) is 10.2 Å². The summed E-state index contributed by atoms with van der Waals surface area (Å²) in [7, 11) is 1.60. The SMILES string of the molecule is COc1ccc(CC(=O)Nc2n[nH]c3cc(OC(C)C(=O)Nc4ccccc4)ccc23)cc1. The second-order valence-electron chi connectivity index (χ2n) is 7.47. The predicted octanol–water partition coefficient (Wildman–Crippen LogP) is 4.16. The van der Waals surface area contributed by atoms with Crippen LogP contribution in [0.2, 0.25) is 0 Å². The van der Waals surface area contributed by atoms with Crippen LogP contribution in [0.4, 0.5) is 11.5 Å². The normalized spacial score (nSPS) is 11.6. The lowest BCUT2D eigenvalue weighted by Crippen LogP contribution is -2.30. The number of carbonyl (C=O) groups excluding carboxylic acids is 2. The number of nitrogens with one attached hydrogen (secondary N) is 3. The number of para-hydroxylation sites is 1. The van der Waals surface area contributed by atoms with E-state index in [1.807, 2.05) is 54.6 Å². The Morgan fingerprint density at radius 3 is 2.42 bits per heavy atom. The minimum atomic E-state index is -0.700. The van der Waals surface area contributed by atoms with Crippen LogP contribution >= 0.6 is 0 Å². The summed E-state index contributed by atoms with van der Waals surface area (Å²) in [6.45, 7) is 1.68. The topological polar surface area (TPSA) is 105 Å². The molecule has 0 saturated carbocycles. The maximum absolute atomic E-state index is 12.5. The zero-order valence-corrected chi connectivity index (χ0v) is 18.3. The highest BCUT2D eigenvalue weighted by atomic mass is 16.5. The Bertz CT molecular complexity index is 1250. The summed E-state index contributed by atoms with van der Waals surface area (Å²) in [5.41, 5.74) is 2.26. The lowest BCUT2D eigenvalue weighted by atomic mass is 10.1. The van der Waals surface area contributed by atoms with Gasteiger partial charge in [0.2, 0.25) is 5.91 Å². The maximum atomic E-state index is 12.5. The van der Waals surface area contributed by atoms with Crippen molar-refractivity contribution < 1.29 is 19.1 Å². The van der Waals surface area contributed by atoms with Crippen LogP contribution in [0.1, 0.15) is 12.5 Å². The van der Waals surface area contributed by atoms with Gasteiger partial charge in [0.05, 0.1) is 19.0 Å². The van der Waals surface area contributed by atoms with E-state index < -0.39 is 6.10 Å². The van der Waals surface area contributed by atoms with Crippen LogP contribution < -0.4 is 20.1 Å². The van der Waals surface area contributed by atoms with Crippen molar-refractivity contribution in [2.24, 2.45) is 0 Å². The van der Waals surface area contributed by atoms with Gasteiger partial charge in [0.1, 0.15) is 11.5 Å². The van der Waals surface area contributed by atoms with E-state index in [-0.39, 0.29) is 18.2 Å². The molecule has 8 heteroatoms. The molecule has 0 fully saturated rings. The van der Waals surface area contributed by atoms with Crippen molar-refractivity contribution in [3.05, 3.63) is 78.4 Å². The molecule has 1 atom stereocenters. The number of ether oxygens (including phenoxy) is 2. The Balaban J connectivity index is 1.38. The molecule has 1 unspecified atom stereocenters. The van der Waals surface area contributed by atoms with Gasteiger partial charge >= 0.3 is 0 Å². The first-order chi connectivity index (χ1) is 16.0. The molecule has 0 aliphatic heterocycles. The molecular weight excluding hydrogens is 420 g/mol. The zero-order chi connectivity index (χ0) is 23.2. The molecular formula is C25H24N4O4. The number of H-pyrrole nitrogens is 1. The number of methoxy groups -OCH3 is 1. The summed E-state index contributed by atoms with van der Waals surface area (Å²) in [6, 6.07) is 21.8. The average molecular weight is 444 g/mol. The van der Waals surface area contributed by atoms with E-state index in [0.29, 0.717) is 22.8 Å². The van der Waals surface area contributed by atoms with Crippen molar-refractivity contribution in [2.45, 2.75) is 19.4 Å². The van der Waals surface area contributed by atoms with Gasteiger partial charge in [-0.1, -0.05) is 30.3 Å². The molecule has 4 aromatic rings. The summed E-state index contributed by atoms with van der Waals surface area (Å²) in [4.78, 5) is 24.8. The van der Waals surface area contributed by atoms with Crippen LogP contribution in [0.3, 0.4) is 0 Å². The molecule has 1 aromatic heterocycles. The number of amides is 2. The molecule has 0 saturated heterocycles. The van der Waals surface area contributed by atoms with Crippen LogP contribution in [0.5, 0.6) is 11.5 Å². The van der Waals surface area contributed by atoms with Gasteiger partial charge in [0.25, 0.3) is 5.91 Å². The monoisotopic (exact) mass is 444 g/mol. The van der Waals surface area contributed by atoms with Crippen LogP contribution in [-0.2, 0) is 16.0 Å². The second-order valence-corrected chi connectivity index (χ2v) is 7.47. The minimum Gasteiger partial charge on any atom is -0.497 e. The number of hydrogen-bond acceptors (Lipinski definition) is 5. The zero-order valence-electron chi connectivity index (χ0n) is 18.3. The average Bonchev–Trinajstić information content (AvgIpc) is 3.21. The highest BCUT2D eigenvalue weighted by Gasteiger charge is 2.16. The molecule has 4 rings (SSSR count). The Kier molecular flexibility index (Phi) is 6.54. The van der Waals surface area contributed by atoms with E-state index in [0.717, 1.165) is 16.7 Å². The highest BCUT2D eigenvalue weighted by molar-refractivity contribution is 6.00. The van der Waals surface area contributed by atoms with Crippen molar-refractivity contribution in [3.63, 3.8) is 0 Å². The quantitative estimate of drug-likeness (QED) is 0.378. The largest absolute Gasteiger partial charge is 0.497 e. The summed E-state index contributed by atoms with van der Waals surface area (Å²) in [5.74, 6) is 1.25. The number of carbonyl (C=O) groups is 2. The van der Waals surface area contributed by atoms with E-state index in [1.165, 1.54) is 0 Å². The standard InChI is InChI=1S/C25H24N4O4/c1-16(25(31)26-18-6-4-3-5-7-18)33-20-12-13-21-22(15-20)28-29-24(21)27-23(30)14-17-8-10-19(32-2)11-9-17/h3-13,15-16H,14H2,1-2H3,(H,26,31)(H2,27,28,29,30). The van der Waals surface area contributed by atoms with Gasteiger partial charge in [0, 0.05) is 17.1 Å². The fraction of sp³-hybridized carbons (Fsp3) is 0.160. The molecule has 0 radical (unpaired) electrons. The fourth-order valence-electron chi connectivity index (χ4n) is 3.30. The third kappa shape index (κ3) is 5.48. The molecule has 3 aromatic carbocycles. The molecule has 0 aliphatic rings. The molecule has 33 heavy (non-hydrogen) atoms. The molecule has 0 aliphatic carbocycles. The number of benzene rings is 3. The van der Waals surface area contributed by atoms with Crippen LogP contribution in [0, 0.1) is 0 Å². The lowest BCUT2D eigenvalue weighted by Gasteiger charge is -2.14. The maximum Gasteiger partial charge on any atom is 0.265 e. The number of aromatic nitrogens is 2. The van der Waals surface area contributed by atoms with Crippen LogP contribution in [0.15, 0.2) is 72.8 Å². The van der Waals surface area contributed by atoms with Crippen molar-refractivity contribution in [1.29, 1.82) is 0 Å². The Morgan fingerprint density at radius 2 is 1.70 bits per heavy atom. The summed E-state index contributed by atoms with van der Waals surface area (Å²) in [5, 5.41) is 13.5. The van der Waals surface area contributed by atoms with Crippen molar-refractivity contribution in [3.8, 4) is 11.5 Å². The first-order valence-electron chi connectivity index (χ1n) is 10.5. The Labute approximate surface area is 190 Å². The van der Waals surface area contributed by atoms with Crippen LogP contribution in [-0.4, -0.2) is 35.2 Å². The summed E-state index contributed by atoms with van der Waals surface area (Å²) < 4.78 is 10.9. The van der Waals surface area contributed by atoms with Gasteiger partial charge in [0.15, 0.2) is 11.9 Å². The van der Waals surface area contributed by atoms with Gasteiger partial charge in [-0.3, -0.25) is 14.7 Å². The Morgan fingerprint density at radius 1 is 0.970 bits per heavy atom. The number of nitrogens with zero attached hydrogens (tertiary/aromatic N) is 1. The van der Waals surface area contributed by atoms with E-state index >= 15 is 0 Å². The van der Waals surface area contributed by atoms with Gasteiger partial charge in [-0.2, -0.15) is 5.10 Å². The minimum absolute atomic E-state index is 0.180. The lowest BCUT2D eigenvalue weighted by molar-refractivity contribution is -0.122. The molecule has 168 valence electrons. The van der Waals surface area contributed by atoms with Crippen LogP contribution in [0.25, 0.3) is 10.9 Å². The Hall–Kier alpha value is -4.33. The number of fused-ring (bicyclic) bond motifs is 1. The second kappa shape index (κ2) is 9.86. The third-order valence-corrected chi connectivity index (χ3v) is 5.04. The van der Waals surface area contributed by atoms with E-state index in [9.17, 15) is 9.59 Å². The number of rotatable bonds is 8. The predicted molar refractivity (Wildman–Crippen MR) is 127 cm³/mol. The molecule has 0 bridgehead atoms. The van der Waals surface area contributed by atoms with E-state index in [4.69, 9.17) is 9.47 Å². The van der Waals surface area contributed by atoms with Crippen molar-refractivity contribution >= 4 is 34.2 Å². The number of anilines is 2. The first-order valence-corrected chi connectivity index (χ1v) is 10.5.